The molecule has 0 bridgehead atoms. The van der Waals surface area contributed by atoms with Crippen LogP contribution in [-0.2, 0) is 9.59 Å². The molecule has 1 aliphatic rings. The molecule has 4 nitrogen and oxygen atoms in total. The highest BCUT2D eigenvalue weighted by Gasteiger charge is 2.30. The van der Waals surface area contributed by atoms with Crippen LogP contribution in [0.25, 0.3) is 0 Å². The average molecular weight is 259 g/mol. The molecule has 0 spiro atoms. The first kappa shape index (κ1) is 14.4. The van der Waals surface area contributed by atoms with E-state index >= 15 is 0 Å². The monoisotopic (exact) mass is 259 g/mol. The van der Waals surface area contributed by atoms with Crippen molar-refractivity contribution in [1.29, 1.82) is 0 Å². The lowest BCUT2D eigenvalue weighted by Gasteiger charge is -2.35. The molecule has 1 aliphatic heterocycles. The van der Waals surface area contributed by atoms with Gasteiger partial charge in [-0.1, -0.05) is 13.8 Å². The topological polar surface area (TPSA) is 57.6 Å². The van der Waals surface area contributed by atoms with E-state index in [2.05, 4.69) is 0 Å². The smallest absolute Gasteiger partial charge is 0.303 e. The molecule has 0 aromatic carbocycles. The molecule has 1 unspecified atom stereocenters. The van der Waals surface area contributed by atoms with Gasteiger partial charge in [0.15, 0.2) is 0 Å². The Morgan fingerprint density at radius 3 is 2.59 bits per heavy atom. The van der Waals surface area contributed by atoms with Crippen molar-refractivity contribution in [3.05, 3.63) is 0 Å². The fraction of sp³-hybridized carbons (Fsp3) is 0.833. The van der Waals surface area contributed by atoms with Crippen LogP contribution >= 0.6 is 11.8 Å². The summed E-state index contributed by atoms with van der Waals surface area (Å²) in [5.41, 5.74) is -0.465. The van der Waals surface area contributed by atoms with Gasteiger partial charge in [-0.15, -0.1) is 0 Å². The van der Waals surface area contributed by atoms with Crippen molar-refractivity contribution in [2.75, 3.05) is 18.1 Å². The first-order valence-corrected chi connectivity index (χ1v) is 7.06. The third kappa shape index (κ3) is 4.58. The highest BCUT2D eigenvalue weighted by atomic mass is 32.2. The molecule has 0 radical (unpaired) electrons. The Bertz CT molecular complexity index is 304. The largest absolute Gasteiger partial charge is 0.481 e. The number of nitrogens with zero attached hydrogens (tertiary/aromatic N) is 1. The van der Waals surface area contributed by atoms with Crippen LogP contribution in [0.1, 0.15) is 33.6 Å². The van der Waals surface area contributed by atoms with Crippen molar-refractivity contribution in [2.24, 2.45) is 5.41 Å². The van der Waals surface area contributed by atoms with Crippen molar-refractivity contribution in [3.8, 4) is 0 Å². The second kappa shape index (κ2) is 5.76. The molecule has 1 amide bonds. The predicted octanol–water partition coefficient (Wildman–Crippen LogP) is 1.84. The zero-order chi connectivity index (χ0) is 13.1. The van der Waals surface area contributed by atoms with Gasteiger partial charge in [-0.25, -0.2) is 0 Å². The molecule has 5 heteroatoms. The molecule has 1 atom stereocenters. The standard InChI is InChI=1S/C12H21NO3S/c1-9-8-17-5-4-13(9)10(14)6-12(2,3)7-11(15)16/h9H,4-8H2,1-3H3,(H,15,16). The van der Waals surface area contributed by atoms with E-state index in [9.17, 15) is 9.59 Å². The van der Waals surface area contributed by atoms with Gasteiger partial charge in [-0.3, -0.25) is 9.59 Å². The van der Waals surface area contributed by atoms with Gasteiger partial charge in [0.1, 0.15) is 0 Å². The van der Waals surface area contributed by atoms with E-state index in [-0.39, 0.29) is 18.4 Å². The summed E-state index contributed by atoms with van der Waals surface area (Å²) in [7, 11) is 0. The number of aliphatic carboxylic acids is 1. The highest BCUT2D eigenvalue weighted by Crippen LogP contribution is 2.27. The van der Waals surface area contributed by atoms with Gasteiger partial charge in [0.05, 0.1) is 6.42 Å². The quantitative estimate of drug-likeness (QED) is 0.837. The summed E-state index contributed by atoms with van der Waals surface area (Å²) in [5.74, 6) is 1.20. The summed E-state index contributed by atoms with van der Waals surface area (Å²) in [4.78, 5) is 24.7. The zero-order valence-corrected chi connectivity index (χ0v) is 11.5. The van der Waals surface area contributed by atoms with Crippen LogP contribution in [0.3, 0.4) is 0 Å². The van der Waals surface area contributed by atoms with Crippen LogP contribution in [-0.4, -0.2) is 46.0 Å². The van der Waals surface area contributed by atoms with Crippen molar-refractivity contribution < 1.29 is 14.7 Å². The van der Waals surface area contributed by atoms with Gasteiger partial charge < -0.3 is 10.0 Å². The Kier molecular flexibility index (Phi) is 4.86. The van der Waals surface area contributed by atoms with Crippen LogP contribution in [0.15, 0.2) is 0 Å². The number of carboxylic acid groups (broad SMARTS) is 1. The van der Waals surface area contributed by atoms with Crippen LogP contribution < -0.4 is 0 Å². The molecule has 1 fully saturated rings. The fourth-order valence-electron chi connectivity index (χ4n) is 2.08. The van der Waals surface area contributed by atoms with E-state index in [1.807, 2.05) is 37.4 Å². The molecule has 0 aromatic heterocycles. The van der Waals surface area contributed by atoms with Gasteiger partial charge in [0.25, 0.3) is 0 Å². The van der Waals surface area contributed by atoms with Crippen LogP contribution in [0.4, 0.5) is 0 Å². The Labute approximate surface area is 107 Å². The van der Waals surface area contributed by atoms with Crippen molar-refractivity contribution >= 4 is 23.6 Å². The Balaban J connectivity index is 2.55. The lowest BCUT2D eigenvalue weighted by Crippen LogP contribution is -2.45. The van der Waals surface area contributed by atoms with Gasteiger partial charge in [-0.05, 0) is 12.3 Å². The number of hydrogen-bond acceptors (Lipinski definition) is 3. The van der Waals surface area contributed by atoms with E-state index in [1.54, 1.807) is 0 Å². The second-order valence-corrected chi connectivity index (χ2v) is 6.57. The van der Waals surface area contributed by atoms with E-state index in [0.29, 0.717) is 6.42 Å². The molecule has 1 N–H and O–H groups in total. The summed E-state index contributed by atoms with van der Waals surface area (Å²) in [6.07, 6.45) is 0.351. The first-order valence-electron chi connectivity index (χ1n) is 5.91. The van der Waals surface area contributed by atoms with Gasteiger partial charge in [-0.2, -0.15) is 11.8 Å². The number of amides is 1. The predicted molar refractivity (Wildman–Crippen MR) is 69.2 cm³/mol. The SMILES string of the molecule is CC1CSCCN1C(=O)CC(C)(C)CC(=O)O. The molecule has 1 heterocycles. The molecule has 0 aromatic rings. The van der Waals surface area contributed by atoms with Crippen molar-refractivity contribution in [1.82, 2.24) is 4.90 Å². The minimum absolute atomic E-state index is 0.0374. The van der Waals surface area contributed by atoms with E-state index in [4.69, 9.17) is 5.11 Å². The fourth-order valence-corrected chi connectivity index (χ4v) is 3.09. The number of carboxylic acids is 1. The Morgan fingerprint density at radius 1 is 1.41 bits per heavy atom. The van der Waals surface area contributed by atoms with Gasteiger partial charge in [0, 0.05) is 30.5 Å². The van der Waals surface area contributed by atoms with Crippen molar-refractivity contribution in [3.63, 3.8) is 0 Å². The normalized spacial score (nSPS) is 21.4. The maximum absolute atomic E-state index is 12.1. The zero-order valence-electron chi connectivity index (χ0n) is 10.7. The third-order valence-corrected chi connectivity index (χ3v) is 4.14. The molecular formula is C12H21NO3S. The number of carbonyl (C=O) groups is 2. The van der Waals surface area contributed by atoms with Crippen LogP contribution in [0.5, 0.6) is 0 Å². The molecular weight excluding hydrogens is 238 g/mol. The number of thioether (sulfide) groups is 1. The molecule has 98 valence electrons. The number of hydrogen-bond donors (Lipinski definition) is 1. The lowest BCUT2D eigenvalue weighted by molar-refractivity contribution is -0.141. The van der Waals surface area contributed by atoms with Crippen LogP contribution in [0, 0.1) is 5.41 Å². The highest BCUT2D eigenvalue weighted by molar-refractivity contribution is 7.99. The minimum Gasteiger partial charge on any atom is -0.481 e. The lowest BCUT2D eigenvalue weighted by atomic mass is 9.85. The summed E-state index contributed by atoms with van der Waals surface area (Å²) >= 11 is 1.86. The number of carbonyl (C=O) groups excluding carboxylic acids is 1. The number of rotatable bonds is 4. The van der Waals surface area contributed by atoms with E-state index in [0.717, 1.165) is 18.1 Å². The van der Waals surface area contributed by atoms with E-state index < -0.39 is 11.4 Å². The summed E-state index contributed by atoms with van der Waals surface area (Å²) < 4.78 is 0. The molecule has 0 saturated carbocycles. The molecule has 1 rings (SSSR count). The molecule has 17 heavy (non-hydrogen) atoms. The average Bonchev–Trinajstić information content (AvgIpc) is 2.14. The van der Waals surface area contributed by atoms with Gasteiger partial charge in [0.2, 0.25) is 5.91 Å². The Hall–Kier alpha value is -0.710. The Morgan fingerprint density at radius 2 is 2.06 bits per heavy atom. The minimum atomic E-state index is -0.843. The molecule has 1 saturated heterocycles. The maximum Gasteiger partial charge on any atom is 0.303 e. The maximum atomic E-state index is 12.1. The van der Waals surface area contributed by atoms with Gasteiger partial charge >= 0.3 is 5.97 Å². The van der Waals surface area contributed by atoms with E-state index in [1.165, 1.54) is 0 Å². The first-order chi connectivity index (χ1) is 7.82. The molecule has 0 aliphatic carbocycles. The summed E-state index contributed by atoms with van der Waals surface area (Å²) in [6.45, 7) is 6.51. The van der Waals surface area contributed by atoms with Crippen LogP contribution in [0.2, 0.25) is 0 Å². The third-order valence-electron chi connectivity index (χ3n) is 2.95. The summed E-state index contributed by atoms with van der Waals surface area (Å²) in [5, 5.41) is 8.80. The second-order valence-electron chi connectivity index (χ2n) is 5.42. The van der Waals surface area contributed by atoms with Crippen molar-refractivity contribution in [2.45, 2.75) is 39.7 Å². The summed E-state index contributed by atoms with van der Waals surface area (Å²) in [6, 6.07) is 0.266.